The number of alkyl carbamates (subject to hydrolysis) is 1. The molecular weight excluding hydrogens is 422 g/mol. The Bertz CT molecular complexity index is 953. The van der Waals surface area contributed by atoms with Crippen molar-refractivity contribution >= 4 is 46.7 Å². The molecule has 0 aromatic heterocycles. The van der Waals surface area contributed by atoms with E-state index in [9.17, 15) is 24.3 Å². The molecule has 2 aliphatic rings. The van der Waals surface area contributed by atoms with Gasteiger partial charge in [-0.05, 0) is 75.2 Å². The molecule has 166 valence electrons. The molecule has 2 saturated heterocycles. The molecule has 3 rings (SSSR count). The van der Waals surface area contributed by atoms with Crippen molar-refractivity contribution in [2.45, 2.75) is 45.3 Å². The summed E-state index contributed by atoms with van der Waals surface area (Å²) in [5.74, 6) is -1.60. The average Bonchev–Trinajstić information content (AvgIpc) is 2.97. The summed E-state index contributed by atoms with van der Waals surface area (Å²) in [6.07, 6.45) is 2.63. The van der Waals surface area contributed by atoms with Crippen molar-refractivity contribution in [3.05, 3.63) is 34.2 Å². The maximum absolute atomic E-state index is 12.1. The number of ether oxygens (including phenoxy) is 1. The normalized spacial score (nSPS) is 20.5. The van der Waals surface area contributed by atoms with Gasteiger partial charge in [0.1, 0.15) is 5.60 Å². The number of piperidine rings is 1. The second-order valence-electron chi connectivity index (χ2n) is 8.36. The quantitative estimate of drug-likeness (QED) is 0.601. The van der Waals surface area contributed by atoms with Crippen LogP contribution in [0.1, 0.15) is 49.5 Å². The Morgan fingerprint density at radius 2 is 2.06 bits per heavy atom. The van der Waals surface area contributed by atoms with E-state index in [1.165, 1.54) is 18.2 Å². The first kappa shape index (κ1) is 22.7. The first-order valence-corrected chi connectivity index (χ1v) is 10.7. The second kappa shape index (κ2) is 9.01. The van der Waals surface area contributed by atoms with Gasteiger partial charge in [0.2, 0.25) is 0 Å². The van der Waals surface area contributed by atoms with E-state index >= 15 is 0 Å². The van der Waals surface area contributed by atoms with Crippen LogP contribution in [-0.4, -0.2) is 53.0 Å². The fourth-order valence-electron chi connectivity index (χ4n) is 3.44. The highest BCUT2D eigenvalue weighted by Crippen LogP contribution is 2.32. The first-order valence-electron chi connectivity index (χ1n) is 9.88. The Morgan fingerprint density at radius 3 is 2.68 bits per heavy atom. The van der Waals surface area contributed by atoms with Crippen molar-refractivity contribution in [3.8, 4) is 0 Å². The van der Waals surface area contributed by atoms with Crippen LogP contribution >= 0.6 is 11.8 Å². The molecule has 2 heterocycles. The van der Waals surface area contributed by atoms with Crippen LogP contribution in [0.3, 0.4) is 0 Å². The smallest absolute Gasteiger partial charge is 0.407 e. The van der Waals surface area contributed by atoms with E-state index in [1.807, 2.05) is 4.90 Å². The summed E-state index contributed by atoms with van der Waals surface area (Å²) in [5, 5.41) is 14.0. The number of carbonyl (C=O) groups excluding carboxylic acids is 3. The average molecular weight is 448 g/mol. The molecule has 2 aliphatic heterocycles. The van der Waals surface area contributed by atoms with Crippen molar-refractivity contribution in [2.24, 2.45) is 0 Å². The minimum absolute atomic E-state index is 0.0748. The number of thioether (sulfide) groups is 1. The molecule has 3 N–H and O–H groups in total. The molecule has 1 aromatic rings. The maximum atomic E-state index is 12.1. The highest BCUT2D eigenvalue weighted by Gasteiger charge is 2.28. The molecule has 0 bridgehead atoms. The summed E-state index contributed by atoms with van der Waals surface area (Å²) in [7, 11) is 0. The van der Waals surface area contributed by atoms with Gasteiger partial charge in [-0.1, -0.05) is 0 Å². The van der Waals surface area contributed by atoms with Gasteiger partial charge in [0.15, 0.2) is 0 Å². The zero-order chi connectivity index (χ0) is 22.8. The van der Waals surface area contributed by atoms with Gasteiger partial charge in [0, 0.05) is 24.8 Å². The lowest BCUT2D eigenvalue weighted by Gasteiger charge is -2.36. The summed E-state index contributed by atoms with van der Waals surface area (Å²) >= 11 is 0.774. The molecule has 3 amide bonds. The van der Waals surface area contributed by atoms with E-state index in [1.54, 1.807) is 26.8 Å². The number of benzene rings is 1. The molecule has 0 aliphatic carbocycles. The van der Waals surface area contributed by atoms with Crippen molar-refractivity contribution in [1.29, 1.82) is 0 Å². The number of hydrogen-bond donors (Lipinski definition) is 3. The van der Waals surface area contributed by atoms with Crippen molar-refractivity contribution in [3.63, 3.8) is 0 Å². The van der Waals surface area contributed by atoms with Crippen molar-refractivity contribution in [1.82, 2.24) is 10.6 Å². The van der Waals surface area contributed by atoms with E-state index in [-0.39, 0.29) is 16.5 Å². The van der Waals surface area contributed by atoms with Crippen LogP contribution < -0.4 is 15.5 Å². The number of nitrogens with zero attached hydrogens (tertiary/aromatic N) is 1. The monoisotopic (exact) mass is 447 g/mol. The van der Waals surface area contributed by atoms with Gasteiger partial charge in [0.05, 0.1) is 10.5 Å². The van der Waals surface area contributed by atoms with E-state index in [2.05, 4.69) is 10.6 Å². The highest BCUT2D eigenvalue weighted by molar-refractivity contribution is 8.18. The number of hydrogen-bond acceptors (Lipinski definition) is 7. The van der Waals surface area contributed by atoms with Gasteiger partial charge in [-0.25, -0.2) is 9.59 Å². The number of carbonyl (C=O) groups is 4. The molecule has 2 fully saturated rings. The first-order chi connectivity index (χ1) is 14.5. The molecule has 0 radical (unpaired) electrons. The fourth-order valence-corrected chi connectivity index (χ4v) is 4.11. The maximum Gasteiger partial charge on any atom is 0.407 e. The SMILES string of the molecule is CC(C)(C)OC(=O)NC1CCCN(c2ccc(C(=O)O)cc2C=C2SC(=O)NC2=O)C1. The molecule has 10 heteroatoms. The summed E-state index contributed by atoms with van der Waals surface area (Å²) < 4.78 is 5.34. The van der Waals surface area contributed by atoms with Crippen LogP contribution in [0.2, 0.25) is 0 Å². The zero-order valence-electron chi connectivity index (χ0n) is 17.6. The zero-order valence-corrected chi connectivity index (χ0v) is 18.4. The van der Waals surface area contributed by atoms with Gasteiger partial charge >= 0.3 is 12.1 Å². The Kier molecular flexibility index (Phi) is 6.59. The lowest BCUT2D eigenvalue weighted by molar-refractivity contribution is -0.115. The van der Waals surface area contributed by atoms with Gasteiger partial charge in [-0.3, -0.25) is 14.9 Å². The number of carboxylic acids is 1. The molecular formula is C21H25N3O6S. The molecule has 1 atom stereocenters. The van der Waals surface area contributed by atoms with Crippen LogP contribution in [0.5, 0.6) is 0 Å². The Hall–Kier alpha value is -3.01. The van der Waals surface area contributed by atoms with Gasteiger partial charge in [-0.15, -0.1) is 0 Å². The summed E-state index contributed by atoms with van der Waals surface area (Å²) in [6.45, 7) is 6.59. The van der Waals surface area contributed by atoms with Crippen LogP contribution in [0.15, 0.2) is 23.1 Å². The van der Waals surface area contributed by atoms with Crippen LogP contribution in [-0.2, 0) is 9.53 Å². The lowest BCUT2D eigenvalue weighted by atomic mass is 10.0. The van der Waals surface area contributed by atoms with Crippen molar-refractivity contribution in [2.75, 3.05) is 18.0 Å². The van der Waals surface area contributed by atoms with Gasteiger partial charge in [-0.2, -0.15) is 0 Å². The molecule has 0 spiro atoms. The van der Waals surface area contributed by atoms with E-state index in [0.717, 1.165) is 30.3 Å². The number of nitrogens with one attached hydrogen (secondary N) is 2. The lowest BCUT2D eigenvalue weighted by Crippen LogP contribution is -2.49. The molecule has 1 unspecified atom stereocenters. The fraction of sp³-hybridized carbons (Fsp3) is 0.429. The topological polar surface area (TPSA) is 125 Å². The van der Waals surface area contributed by atoms with Crippen LogP contribution in [0.25, 0.3) is 6.08 Å². The number of anilines is 1. The third-order valence-corrected chi connectivity index (χ3v) is 5.50. The Labute approximate surface area is 184 Å². The third-order valence-electron chi connectivity index (χ3n) is 4.69. The van der Waals surface area contributed by atoms with E-state index in [0.29, 0.717) is 18.7 Å². The molecule has 31 heavy (non-hydrogen) atoms. The van der Waals surface area contributed by atoms with E-state index in [4.69, 9.17) is 4.74 Å². The number of rotatable bonds is 4. The van der Waals surface area contributed by atoms with Gasteiger partial charge < -0.3 is 20.1 Å². The van der Waals surface area contributed by atoms with Crippen LogP contribution in [0.4, 0.5) is 15.3 Å². The summed E-state index contributed by atoms with van der Waals surface area (Å²) in [5.41, 5.74) is 0.721. The van der Waals surface area contributed by atoms with Gasteiger partial charge in [0.25, 0.3) is 11.1 Å². The Morgan fingerprint density at radius 1 is 1.32 bits per heavy atom. The van der Waals surface area contributed by atoms with Crippen molar-refractivity contribution < 1.29 is 29.0 Å². The number of amides is 3. The standard InChI is InChI=1S/C21H25N3O6S/c1-21(2,3)30-19(28)22-14-5-4-8-24(11-14)15-7-6-12(18(26)27)9-13(15)10-16-17(25)23-20(29)31-16/h6-7,9-10,14H,4-5,8,11H2,1-3H3,(H,22,28)(H,26,27)(H,23,25,29). The molecule has 0 saturated carbocycles. The second-order valence-corrected chi connectivity index (χ2v) is 9.38. The largest absolute Gasteiger partial charge is 0.478 e. The minimum Gasteiger partial charge on any atom is -0.478 e. The number of imide groups is 1. The van der Waals surface area contributed by atoms with E-state index < -0.39 is 28.8 Å². The molecule has 9 nitrogen and oxygen atoms in total. The predicted molar refractivity (Wildman–Crippen MR) is 117 cm³/mol. The summed E-state index contributed by atoms with van der Waals surface area (Å²) in [6, 6.07) is 4.52. The minimum atomic E-state index is -1.09. The predicted octanol–water partition coefficient (Wildman–Crippen LogP) is 3.20. The number of carboxylic acid groups (broad SMARTS) is 1. The van der Waals surface area contributed by atoms with Crippen LogP contribution in [0, 0.1) is 0 Å². The third kappa shape index (κ3) is 6.00. The Balaban J connectivity index is 1.84. The highest BCUT2D eigenvalue weighted by atomic mass is 32.2. The number of aromatic carboxylic acids is 1. The molecule has 1 aromatic carbocycles. The summed E-state index contributed by atoms with van der Waals surface area (Å²) in [4.78, 5) is 49.3.